The van der Waals surface area contributed by atoms with Crippen molar-refractivity contribution in [1.82, 2.24) is 5.43 Å². The van der Waals surface area contributed by atoms with Gasteiger partial charge in [-0.05, 0) is 61.0 Å². The van der Waals surface area contributed by atoms with E-state index in [2.05, 4.69) is 17.7 Å². The standard InChI is InChI=1S/C15H23ClN2OS2/c1-10-9-21-14(12(10)16)13(18-17)11-2-5-19-15(8-11)3-6-20-7-4-15/h9,11,13,18H,2-8,17H2,1H3. The number of halogens is 1. The van der Waals surface area contributed by atoms with E-state index in [0.717, 1.165) is 30.0 Å². The highest BCUT2D eigenvalue weighted by atomic mass is 35.5. The molecule has 0 amide bonds. The first-order valence-electron chi connectivity index (χ1n) is 7.56. The smallest absolute Gasteiger partial charge is 0.0701 e. The molecule has 3 N–H and O–H groups in total. The maximum atomic E-state index is 6.46. The van der Waals surface area contributed by atoms with E-state index in [0.29, 0.717) is 5.92 Å². The van der Waals surface area contributed by atoms with Crippen molar-refractivity contribution in [3.8, 4) is 0 Å². The number of hydrogen-bond acceptors (Lipinski definition) is 5. The average Bonchev–Trinajstić information content (AvgIpc) is 2.82. The Labute approximate surface area is 139 Å². The molecule has 2 atom stereocenters. The van der Waals surface area contributed by atoms with Gasteiger partial charge in [0.15, 0.2) is 0 Å². The van der Waals surface area contributed by atoms with Gasteiger partial charge >= 0.3 is 0 Å². The summed E-state index contributed by atoms with van der Waals surface area (Å²) in [5.41, 5.74) is 4.26. The summed E-state index contributed by atoms with van der Waals surface area (Å²) in [7, 11) is 0. The van der Waals surface area contributed by atoms with Gasteiger partial charge in [-0.2, -0.15) is 11.8 Å². The van der Waals surface area contributed by atoms with Gasteiger partial charge in [0.25, 0.3) is 0 Å². The Kier molecular flexibility index (Phi) is 5.19. The second-order valence-electron chi connectivity index (χ2n) is 6.14. The van der Waals surface area contributed by atoms with Gasteiger partial charge in [0.05, 0.1) is 16.7 Å². The number of hydrazine groups is 1. The first kappa shape index (κ1) is 16.1. The summed E-state index contributed by atoms with van der Waals surface area (Å²) >= 11 is 10.2. The van der Waals surface area contributed by atoms with Crippen molar-refractivity contribution in [1.29, 1.82) is 0 Å². The molecule has 6 heteroatoms. The maximum Gasteiger partial charge on any atom is 0.0701 e. The minimum atomic E-state index is 0.0854. The fraction of sp³-hybridized carbons (Fsp3) is 0.733. The van der Waals surface area contributed by atoms with Crippen molar-refractivity contribution >= 4 is 34.7 Å². The molecular weight excluding hydrogens is 324 g/mol. The van der Waals surface area contributed by atoms with Crippen LogP contribution < -0.4 is 11.3 Å². The van der Waals surface area contributed by atoms with Crippen LogP contribution in [0.3, 0.4) is 0 Å². The van der Waals surface area contributed by atoms with E-state index in [9.17, 15) is 0 Å². The van der Waals surface area contributed by atoms with E-state index in [1.807, 2.05) is 11.8 Å². The third-order valence-corrected chi connectivity index (χ3v) is 7.58. The lowest BCUT2D eigenvalue weighted by Gasteiger charge is -2.45. The topological polar surface area (TPSA) is 47.3 Å². The normalized spacial score (nSPS) is 26.9. The first-order chi connectivity index (χ1) is 10.2. The highest BCUT2D eigenvalue weighted by Gasteiger charge is 2.41. The molecule has 2 unspecified atom stereocenters. The number of thiophene rings is 1. The number of hydrogen-bond donors (Lipinski definition) is 2. The summed E-state index contributed by atoms with van der Waals surface area (Å²) in [6, 6.07) is 0.145. The summed E-state index contributed by atoms with van der Waals surface area (Å²) in [6.45, 7) is 2.90. The van der Waals surface area contributed by atoms with Crippen LogP contribution >= 0.6 is 34.7 Å². The highest BCUT2D eigenvalue weighted by molar-refractivity contribution is 7.99. The summed E-state index contributed by atoms with van der Waals surface area (Å²) in [5.74, 6) is 8.82. The molecule has 2 aliphatic heterocycles. The van der Waals surface area contributed by atoms with Crippen LogP contribution in [0.4, 0.5) is 0 Å². The number of nitrogens with one attached hydrogen (secondary N) is 1. The molecule has 1 spiro atoms. The minimum absolute atomic E-state index is 0.0854. The molecule has 2 fully saturated rings. The summed E-state index contributed by atoms with van der Waals surface area (Å²) < 4.78 is 6.19. The average molecular weight is 347 g/mol. The van der Waals surface area contributed by atoms with Crippen LogP contribution in [0.15, 0.2) is 5.38 Å². The van der Waals surface area contributed by atoms with E-state index in [-0.39, 0.29) is 11.6 Å². The van der Waals surface area contributed by atoms with Crippen LogP contribution in [0, 0.1) is 12.8 Å². The fourth-order valence-corrected chi connectivity index (χ4v) is 6.23. The molecule has 2 saturated heterocycles. The lowest BCUT2D eigenvalue weighted by molar-refractivity contribution is -0.107. The molecule has 1 aromatic rings. The Balaban J connectivity index is 1.79. The van der Waals surface area contributed by atoms with Gasteiger partial charge in [-0.25, -0.2) is 0 Å². The van der Waals surface area contributed by atoms with Gasteiger partial charge in [-0.15, -0.1) is 11.3 Å². The maximum absolute atomic E-state index is 6.46. The molecule has 0 bridgehead atoms. The summed E-state index contributed by atoms with van der Waals surface area (Å²) in [6.07, 6.45) is 4.48. The van der Waals surface area contributed by atoms with E-state index in [1.165, 1.54) is 29.2 Å². The molecule has 118 valence electrons. The summed E-state index contributed by atoms with van der Waals surface area (Å²) in [4.78, 5) is 1.18. The zero-order valence-electron chi connectivity index (χ0n) is 12.4. The molecule has 3 heterocycles. The molecular formula is C15H23ClN2OS2. The van der Waals surface area contributed by atoms with E-state index < -0.39 is 0 Å². The minimum Gasteiger partial charge on any atom is -0.375 e. The molecule has 1 aromatic heterocycles. The second kappa shape index (κ2) is 6.77. The van der Waals surface area contributed by atoms with E-state index in [4.69, 9.17) is 22.2 Å². The number of nitrogens with two attached hydrogens (primary N) is 1. The Bertz CT molecular complexity index is 483. The van der Waals surface area contributed by atoms with Gasteiger partial charge in [0.2, 0.25) is 0 Å². The van der Waals surface area contributed by atoms with Gasteiger partial charge in [-0.3, -0.25) is 11.3 Å². The quantitative estimate of drug-likeness (QED) is 0.643. The zero-order chi connectivity index (χ0) is 14.9. The van der Waals surface area contributed by atoms with Crippen molar-refractivity contribution < 1.29 is 4.74 Å². The predicted molar refractivity (Wildman–Crippen MR) is 92.1 cm³/mol. The number of ether oxygens (including phenoxy) is 1. The molecule has 2 aliphatic rings. The van der Waals surface area contributed by atoms with Gasteiger partial charge in [0, 0.05) is 11.5 Å². The van der Waals surface area contributed by atoms with Gasteiger partial charge in [0.1, 0.15) is 0 Å². The van der Waals surface area contributed by atoms with Crippen molar-refractivity contribution in [2.24, 2.45) is 11.8 Å². The van der Waals surface area contributed by atoms with Crippen LogP contribution in [0.5, 0.6) is 0 Å². The number of thioether (sulfide) groups is 1. The molecule has 3 rings (SSSR count). The first-order valence-corrected chi connectivity index (χ1v) is 9.98. The van der Waals surface area contributed by atoms with Crippen molar-refractivity contribution in [2.75, 3.05) is 18.1 Å². The molecule has 3 nitrogen and oxygen atoms in total. The molecule has 21 heavy (non-hydrogen) atoms. The Hall–Kier alpha value is 0.220. The highest BCUT2D eigenvalue weighted by Crippen LogP contribution is 2.45. The lowest BCUT2D eigenvalue weighted by Crippen LogP contribution is -2.46. The Morgan fingerprint density at radius 1 is 1.48 bits per heavy atom. The van der Waals surface area contributed by atoms with Crippen molar-refractivity contribution in [3.05, 3.63) is 20.8 Å². The lowest BCUT2D eigenvalue weighted by atomic mass is 9.78. The van der Waals surface area contributed by atoms with E-state index in [1.54, 1.807) is 11.3 Å². The van der Waals surface area contributed by atoms with Crippen LogP contribution in [0.25, 0.3) is 0 Å². The number of aryl methyl sites for hydroxylation is 1. The van der Waals surface area contributed by atoms with Crippen LogP contribution in [0.2, 0.25) is 5.02 Å². The zero-order valence-corrected chi connectivity index (χ0v) is 14.8. The molecule has 0 saturated carbocycles. The monoisotopic (exact) mass is 346 g/mol. The van der Waals surface area contributed by atoms with Crippen LogP contribution in [-0.4, -0.2) is 23.7 Å². The van der Waals surface area contributed by atoms with Gasteiger partial charge < -0.3 is 4.74 Å². The largest absolute Gasteiger partial charge is 0.375 e. The van der Waals surface area contributed by atoms with Crippen molar-refractivity contribution in [3.63, 3.8) is 0 Å². The third-order valence-electron chi connectivity index (χ3n) is 4.79. The van der Waals surface area contributed by atoms with Gasteiger partial charge in [-0.1, -0.05) is 11.6 Å². The fourth-order valence-electron chi connectivity index (χ4n) is 3.53. The van der Waals surface area contributed by atoms with Crippen molar-refractivity contribution in [2.45, 2.75) is 44.2 Å². The molecule has 0 radical (unpaired) electrons. The van der Waals surface area contributed by atoms with E-state index >= 15 is 0 Å². The third kappa shape index (κ3) is 3.28. The second-order valence-corrected chi connectivity index (χ2v) is 8.65. The Morgan fingerprint density at radius 3 is 2.86 bits per heavy atom. The SMILES string of the molecule is Cc1csc(C(NN)C2CCOC3(CCSCC3)C2)c1Cl. The Morgan fingerprint density at radius 2 is 2.24 bits per heavy atom. The molecule has 0 aliphatic carbocycles. The number of rotatable bonds is 3. The van der Waals surface area contributed by atoms with Crippen LogP contribution in [0.1, 0.15) is 42.2 Å². The van der Waals surface area contributed by atoms with Crippen LogP contribution in [-0.2, 0) is 4.74 Å². The molecule has 0 aromatic carbocycles. The summed E-state index contributed by atoms with van der Waals surface area (Å²) in [5, 5.41) is 3.00. The predicted octanol–water partition coefficient (Wildman–Crippen LogP) is 3.91.